The Labute approximate surface area is 130 Å². The second-order valence-corrected chi connectivity index (χ2v) is 5.19. The van der Waals surface area contributed by atoms with Crippen LogP contribution >= 0.6 is 0 Å². The SMILES string of the molecule is COC1=C(OC)C2=Nc3cc(C(F)(F)F)ccc3OC2=C(C)C1. The van der Waals surface area contributed by atoms with Gasteiger partial charge in [0.15, 0.2) is 23.0 Å². The van der Waals surface area contributed by atoms with Crippen LogP contribution < -0.4 is 4.74 Å². The van der Waals surface area contributed by atoms with Crippen LogP contribution in [0.25, 0.3) is 0 Å². The zero-order chi connectivity index (χ0) is 16.8. The molecule has 0 radical (unpaired) electrons. The van der Waals surface area contributed by atoms with Crippen LogP contribution in [0, 0.1) is 0 Å². The molecule has 122 valence electrons. The Kier molecular flexibility index (Phi) is 3.58. The monoisotopic (exact) mass is 325 g/mol. The average Bonchev–Trinajstić information content (AvgIpc) is 2.51. The van der Waals surface area contributed by atoms with Gasteiger partial charge in [0.2, 0.25) is 0 Å². The predicted molar refractivity (Wildman–Crippen MR) is 77.5 cm³/mol. The van der Waals surface area contributed by atoms with Gasteiger partial charge in [0, 0.05) is 6.42 Å². The van der Waals surface area contributed by atoms with Crippen molar-refractivity contribution >= 4 is 11.4 Å². The highest BCUT2D eigenvalue weighted by molar-refractivity contribution is 6.14. The first kappa shape index (κ1) is 15.5. The van der Waals surface area contributed by atoms with Crippen molar-refractivity contribution in [2.75, 3.05) is 14.2 Å². The van der Waals surface area contributed by atoms with Gasteiger partial charge in [-0.25, -0.2) is 4.99 Å². The molecule has 0 unspecified atom stereocenters. The van der Waals surface area contributed by atoms with Gasteiger partial charge in [0.25, 0.3) is 0 Å². The van der Waals surface area contributed by atoms with E-state index in [0.29, 0.717) is 29.4 Å². The van der Waals surface area contributed by atoms with E-state index in [2.05, 4.69) is 4.99 Å². The number of ether oxygens (including phenoxy) is 3. The van der Waals surface area contributed by atoms with Crippen LogP contribution in [0.5, 0.6) is 5.75 Å². The summed E-state index contributed by atoms with van der Waals surface area (Å²) < 4.78 is 54.9. The second-order valence-electron chi connectivity index (χ2n) is 5.19. The summed E-state index contributed by atoms with van der Waals surface area (Å²) in [4.78, 5) is 4.31. The smallest absolute Gasteiger partial charge is 0.416 e. The Bertz CT molecular complexity index is 760. The molecule has 0 bridgehead atoms. The first-order valence-corrected chi connectivity index (χ1v) is 6.84. The molecule has 1 aromatic rings. The fraction of sp³-hybridized carbons (Fsp3) is 0.312. The Morgan fingerprint density at radius 3 is 2.52 bits per heavy atom. The molecule has 1 aliphatic heterocycles. The van der Waals surface area contributed by atoms with Crippen molar-refractivity contribution in [1.82, 2.24) is 0 Å². The number of rotatable bonds is 2. The summed E-state index contributed by atoms with van der Waals surface area (Å²) in [5, 5.41) is 0. The molecule has 1 heterocycles. The fourth-order valence-corrected chi connectivity index (χ4v) is 2.55. The number of halogens is 3. The number of aliphatic imine (C=N–C) groups is 1. The van der Waals surface area contributed by atoms with Crippen LogP contribution in [0.15, 0.2) is 46.0 Å². The van der Waals surface area contributed by atoms with E-state index in [1.165, 1.54) is 20.3 Å². The van der Waals surface area contributed by atoms with Gasteiger partial charge in [0.05, 0.1) is 19.8 Å². The summed E-state index contributed by atoms with van der Waals surface area (Å²) in [5.74, 6) is 1.71. The van der Waals surface area contributed by atoms with Crippen LogP contribution in [-0.2, 0) is 15.7 Å². The van der Waals surface area contributed by atoms with Crippen LogP contribution in [0.4, 0.5) is 18.9 Å². The Hall–Kier alpha value is -2.44. The molecule has 0 N–H and O–H groups in total. The maximum Gasteiger partial charge on any atom is 0.416 e. The first-order chi connectivity index (χ1) is 10.8. The highest BCUT2D eigenvalue weighted by Gasteiger charge is 2.35. The molecular formula is C16H14F3NO3. The third-order valence-electron chi connectivity index (χ3n) is 3.68. The van der Waals surface area contributed by atoms with Gasteiger partial charge in [-0.15, -0.1) is 0 Å². The van der Waals surface area contributed by atoms with Crippen LogP contribution in [-0.4, -0.2) is 19.9 Å². The van der Waals surface area contributed by atoms with Crippen molar-refractivity contribution in [2.45, 2.75) is 19.5 Å². The Morgan fingerprint density at radius 2 is 1.91 bits per heavy atom. The number of fused-ring (bicyclic) bond motifs is 2. The van der Waals surface area contributed by atoms with E-state index in [0.717, 1.165) is 17.7 Å². The van der Waals surface area contributed by atoms with Gasteiger partial charge < -0.3 is 14.2 Å². The van der Waals surface area contributed by atoms with Crippen molar-refractivity contribution < 1.29 is 27.4 Å². The molecule has 0 fully saturated rings. The summed E-state index contributed by atoms with van der Waals surface area (Å²) in [6.45, 7) is 1.85. The minimum Gasteiger partial charge on any atom is -0.497 e. The number of hydrogen-bond acceptors (Lipinski definition) is 4. The van der Waals surface area contributed by atoms with Crippen molar-refractivity contribution in [3.63, 3.8) is 0 Å². The van der Waals surface area contributed by atoms with E-state index in [9.17, 15) is 13.2 Å². The van der Waals surface area contributed by atoms with Crippen molar-refractivity contribution in [3.8, 4) is 5.75 Å². The van der Waals surface area contributed by atoms with Crippen molar-refractivity contribution in [1.29, 1.82) is 0 Å². The molecule has 0 saturated heterocycles. The number of allylic oxidation sites excluding steroid dienone is 1. The lowest BCUT2D eigenvalue weighted by Gasteiger charge is -2.27. The number of benzene rings is 1. The molecule has 23 heavy (non-hydrogen) atoms. The zero-order valence-corrected chi connectivity index (χ0v) is 12.7. The average molecular weight is 325 g/mol. The van der Waals surface area contributed by atoms with E-state index in [1.54, 1.807) is 0 Å². The molecule has 0 atom stereocenters. The van der Waals surface area contributed by atoms with Gasteiger partial charge in [-0.1, -0.05) is 0 Å². The largest absolute Gasteiger partial charge is 0.497 e. The lowest BCUT2D eigenvalue weighted by molar-refractivity contribution is -0.137. The maximum atomic E-state index is 12.9. The molecule has 0 spiro atoms. The van der Waals surface area contributed by atoms with Gasteiger partial charge in [-0.3, -0.25) is 0 Å². The molecule has 0 amide bonds. The molecule has 2 aliphatic rings. The maximum absolute atomic E-state index is 12.9. The molecule has 1 aliphatic carbocycles. The van der Waals surface area contributed by atoms with Crippen LogP contribution in [0.1, 0.15) is 18.9 Å². The van der Waals surface area contributed by atoms with E-state index in [1.807, 2.05) is 6.92 Å². The van der Waals surface area contributed by atoms with Crippen molar-refractivity contribution in [3.05, 3.63) is 46.6 Å². The van der Waals surface area contributed by atoms with E-state index >= 15 is 0 Å². The number of methoxy groups -OCH3 is 2. The summed E-state index contributed by atoms with van der Waals surface area (Å²) >= 11 is 0. The lowest BCUT2D eigenvalue weighted by Crippen LogP contribution is -2.24. The number of nitrogens with zero attached hydrogens (tertiary/aromatic N) is 1. The quantitative estimate of drug-likeness (QED) is 0.811. The predicted octanol–water partition coefficient (Wildman–Crippen LogP) is 4.35. The summed E-state index contributed by atoms with van der Waals surface area (Å²) in [5.41, 5.74) is 0.546. The number of alkyl halides is 3. The number of hydrogen-bond donors (Lipinski definition) is 0. The van der Waals surface area contributed by atoms with Crippen LogP contribution in [0.2, 0.25) is 0 Å². The minimum atomic E-state index is -4.44. The van der Waals surface area contributed by atoms with E-state index in [-0.39, 0.29) is 11.4 Å². The van der Waals surface area contributed by atoms with Gasteiger partial charge in [-0.2, -0.15) is 13.2 Å². The standard InChI is InChI=1S/C16H14F3NO3/c1-8-6-12(21-2)15(22-3)13-14(8)23-11-5-4-9(16(17,18)19)7-10(11)20-13/h4-5,7H,6H2,1-3H3. The topological polar surface area (TPSA) is 40.0 Å². The molecule has 4 nitrogen and oxygen atoms in total. The Balaban J connectivity index is 2.16. The summed E-state index contributed by atoms with van der Waals surface area (Å²) in [6, 6.07) is 3.22. The highest BCUT2D eigenvalue weighted by Crippen LogP contribution is 2.42. The third kappa shape index (κ3) is 2.56. The summed E-state index contributed by atoms with van der Waals surface area (Å²) in [6.07, 6.45) is -3.95. The minimum absolute atomic E-state index is 0.110. The zero-order valence-electron chi connectivity index (χ0n) is 12.7. The normalized spacial score (nSPS) is 17.2. The van der Waals surface area contributed by atoms with Crippen molar-refractivity contribution in [2.24, 2.45) is 4.99 Å². The molecule has 3 rings (SSSR count). The molecule has 7 heteroatoms. The first-order valence-electron chi connectivity index (χ1n) is 6.84. The van der Waals surface area contributed by atoms with Gasteiger partial charge in [0.1, 0.15) is 11.4 Å². The van der Waals surface area contributed by atoms with E-state index < -0.39 is 11.7 Å². The van der Waals surface area contributed by atoms with E-state index in [4.69, 9.17) is 14.2 Å². The van der Waals surface area contributed by atoms with Gasteiger partial charge >= 0.3 is 6.18 Å². The summed E-state index contributed by atoms with van der Waals surface area (Å²) in [7, 11) is 2.96. The molecular weight excluding hydrogens is 311 g/mol. The van der Waals surface area contributed by atoms with Crippen LogP contribution in [0.3, 0.4) is 0 Å². The molecule has 1 aromatic carbocycles. The molecule has 0 saturated carbocycles. The van der Waals surface area contributed by atoms with Gasteiger partial charge in [-0.05, 0) is 30.7 Å². The molecule has 0 aromatic heterocycles. The second kappa shape index (κ2) is 5.33. The Morgan fingerprint density at radius 1 is 1.17 bits per heavy atom. The fourth-order valence-electron chi connectivity index (χ4n) is 2.55. The third-order valence-corrected chi connectivity index (χ3v) is 3.68. The highest BCUT2D eigenvalue weighted by atomic mass is 19.4. The lowest BCUT2D eigenvalue weighted by atomic mass is 9.99.